The molecule has 0 spiro atoms. The summed E-state index contributed by atoms with van der Waals surface area (Å²) < 4.78 is 11.3. The second-order valence-electron chi connectivity index (χ2n) is 6.12. The van der Waals surface area contributed by atoms with Gasteiger partial charge in [0.05, 0.1) is 18.6 Å². The summed E-state index contributed by atoms with van der Waals surface area (Å²) in [6, 6.07) is 0. The van der Waals surface area contributed by atoms with Crippen molar-refractivity contribution in [2.24, 2.45) is 0 Å². The predicted octanol–water partition coefficient (Wildman–Crippen LogP) is 3.14. The zero-order chi connectivity index (χ0) is 15.0. The highest BCUT2D eigenvalue weighted by Crippen LogP contribution is 2.38. The van der Waals surface area contributed by atoms with E-state index in [2.05, 4.69) is 15.3 Å². The number of nitrogens with one attached hydrogen (secondary N) is 1. The molecule has 0 saturated carbocycles. The molecule has 22 heavy (non-hydrogen) atoms. The van der Waals surface area contributed by atoms with Crippen LogP contribution in [0.4, 0.5) is 5.82 Å². The first kappa shape index (κ1) is 14.4. The Labute approximate surface area is 134 Å². The van der Waals surface area contributed by atoms with Crippen molar-refractivity contribution in [1.82, 2.24) is 9.97 Å². The van der Waals surface area contributed by atoms with Crippen LogP contribution in [0.1, 0.15) is 36.6 Å². The molecule has 1 aliphatic carbocycles. The van der Waals surface area contributed by atoms with E-state index in [-0.39, 0.29) is 0 Å². The minimum atomic E-state index is -0.451. The van der Waals surface area contributed by atoms with Crippen molar-refractivity contribution < 1.29 is 9.47 Å². The van der Waals surface area contributed by atoms with Crippen LogP contribution in [0.15, 0.2) is 6.33 Å². The number of rotatable bonds is 4. The molecule has 0 bridgehead atoms. The molecule has 6 heteroatoms. The van der Waals surface area contributed by atoms with Gasteiger partial charge in [-0.15, -0.1) is 11.3 Å². The summed E-state index contributed by atoms with van der Waals surface area (Å²) in [5.74, 6) is 0.513. The standard InChI is InChI=1S/C16H21N3O2S/c1-16(20-8-9-21-16)6-7-17-14-13-11-4-2-3-5-12(11)22-15(13)19-10-18-14/h10H,2-9H2,1H3,(H,17,18,19). The topological polar surface area (TPSA) is 56.3 Å². The Morgan fingerprint density at radius 2 is 2.05 bits per heavy atom. The summed E-state index contributed by atoms with van der Waals surface area (Å²) in [6.45, 7) is 4.16. The van der Waals surface area contributed by atoms with Crippen LogP contribution in [0.2, 0.25) is 0 Å². The maximum atomic E-state index is 5.65. The molecule has 4 rings (SSSR count). The van der Waals surface area contributed by atoms with Crippen molar-refractivity contribution in [1.29, 1.82) is 0 Å². The average Bonchev–Trinajstić information content (AvgIpc) is 3.11. The first-order chi connectivity index (χ1) is 10.8. The third kappa shape index (κ3) is 2.59. The SMILES string of the molecule is CC1(CCNc2ncnc3sc4c(c23)CCCC4)OCCO1. The summed E-state index contributed by atoms with van der Waals surface area (Å²) in [7, 11) is 0. The summed E-state index contributed by atoms with van der Waals surface area (Å²) in [6.07, 6.45) is 7.38. The van der Waals surface area contributed by atoms with E-state index in [1.165, 1.54) is 35.1 Å². The number of fused-ring (bicyclic) bond motifs is 3. The molecule has 5 nitrogen and oxygen atoms in total. The molecular formula is C16H21N3O2S. The number of aryl methyl sites for hydroxylation is 2. The van der Waals surface area contributed by atoms with Gasteiger partial charge in [0.15, 0.2) is 5.79 Å². The van der Waals surface area contributed by atoms with Crippen molar-refractivity contribution in [3.63, 3.8) is 0 Å². The van der Waals surface area contributed by atoms with Gasteiger partial charge in [0.2, 0.25) is 0 Å². The molecule has 3 heterocycles. The minimum absolute atomic E-state index is 0.451. The number of hydrogen-bond acceptors (Lipinski definition) is 6. The first-order valence-corrected chi connectivity index (χ1v) is 8.84. The van der Waals surface area contributed by atoms with Crippen molar-refractivity contribution in [3.05, 3.63) is 16.8 Å². The van der Waals surface area contributed by atoms with Crippen LogP contribution < -0.4 is 5.32 Å². The molecule has 118 valence electrons. The van der Waals surface area contributed by atoms with Gasteiger partial charge in [-0.25, -0.2) is 9.97 Å². The van der Waals surface area contributed by atoms with Crippen molar-refractivity contribution in [3.8, 4) is 0 Å². The lowest BCUT2D eigenvalue weighted by Crippen LogP contribution is -2.28. The Hall–Kier alpha value is -1.24. The maximum absolute atomic E-state index is 5.65. The normalized spacial score (nSPS) is 20.2. The highest BCUT2D eigenvalue weighted by molar-refractivity contribution is 7.19. The molecule has 0 radical (unpaired) electrons. The van der Waals surface area contributed by atoms with Crippen molar-refractivity contribution in [2.45, 2.75) is 44.8 Å². The number of nitrogens with zero attached hydrogens (tertiary/aromatic N) is 2. The monoisotopic (exact) mass is 319 g/mol. The van der Waals surface area contributed by atoms with Gasteiger partial charge in [-0.2, -0.15) is 0 Å². The summed E-state index contributed by atoms with van der Waals surface area (Å²) in [5, 5.41) is 4.71. The summed E-state index contributed by atoms with van der Waals surface area (Å²) in [4.78, 5) is 11.6. The van der Waals surface area contributed by atoms with E-state index < -0.39 is 5.79 Å². The van der Waals surface area contributed by atoms with E-state index in [1.54, 1.807) is 6.33 Å². The van der Waals surface area contributed by atoms with Crippen LogP contribution in [0.5, 0.6) is 0 Å². The Balaban J connectivity index is 1.55. The third-order valence-electron chi connectivity index (χ3n) is 4.52. The minimum Gasteiger partial charge on any atom is -0.369 e. The van der Waals surface area contributed by atoms with Gasteiger partial charge in [-0.05, 0) is 38.2 Å². The fraction of sp³-hybridized carbons (Fsp3) is 0.625. The van der Waals surface area contributed by atoms with Gasteiger partial charge in [-0.3, -0.25) is 0 Å². The summed E-state index contributed by atoms with van der Waals surface area (Å²) in [5.41, 5.74) is 1.47. The van der Waals surface area contributed by atoms with Gasteiger partial charge in [-0.1, -0.05) is 0 Å². The molecular weight excluding hydrogens is 298 g/mol. The number of hydrogen-bond donors (Lipinski definition) is 1. The van der Waals surface area contributed by atoms with Gasteiger partial charge in [0, 0.05) is 17.8 Å². The van der Waals surface area contributed by atoms with Crippen LogP contribution in [0.3, 0.4) is 0 Å². The second kappa shape index (κ2) is 5.76. The highest BCUT2D eigenvalue weighted by atomic mass is 32.1. The zero-order valence-corrected chi connectivity index (χ0v) is 13.7. The van der Waals surface area contributed by atoms with Gasteiger partial charge in [0.1, 0.15) is 17.0 Å². The molecule has 0 aromatic carbocycles. The maximum Gasteiger partial charge on any atom is 0.167 e. The number of anilines is 1. The quantitative estimate of drug-likeness (QED) is 0.938. The Morgan fingerprint density at radius 3 is 2.91 bits per heavy atom. The average molecular weight is 319 g/mol. The van der Waals surface area contributed by atoms with E-state index in [1.807, 2.05) is 18.3 Å². The smallest absolute Gasteiger partial charge is 0.167 e. The lowest BCUT2D eigenvalue weighted by molar-refractivity contribution is -0.144. The molecule has 0 atom stereocenters. The van der Waals surface area contributed by atoms with E-state index >= 15 is 0 Å². The Bertz CT molecular complexity index is 679. The molecule has 0 amide bonds. The fourth-order valence-corrected chi connectivity index (χ4v) is 4.56. The molecule has 0 unspecified atom stereocenters. The lowest BCUT2D eigenvalue weighted by Gasteiger charge is -2.22. The largest absolute Gasteiger partial charge is 0.369 e. The van der Waals surface area contributed by atoms with Crippen LogP contribution in [0.25, 0.3) is 10.2 Å². The van der Waals surface area contributed by atoms with Crippen LogP contribution in [-0.4, -0.2) is 35.5 Å². The van der Waals surface area contributed by atoms with E-state index in [4.69, 9.17) is 9.47 Å². The Morgan fingerprint density at radius 1 is 1.23 bits per heavy atom. The van der Waals surface area contributed by atoms with Gasteiger partial charge in [0.25, 0.3) is 0 Å². The molecule has 2 aliphatic rings. The molecule has 1 fully saturated rings. The van der Waals surface area contributed by atoms with Crippen LogP contribution in [0, 0.1) is 0 Å². The first-order valence-electron chi connectivity index (χ1n) is 8.02. The van der Waals surface area contributed by atoms with Crippen LogP contribution >= 0.6 is 11.3 Å². The third-order valence-corrected chi connectivity index (χ3v) is 5.72. The molecule has 2 aromatic rings. The van der Waals surface area contributed by atoms with Crippen LogP contribution in [-0.2, 0) is 22.3 Å². The number of aromatic nitrogens is 2. The van der Waals surface area contributed by atoms with E-state index in [9.17, 15) is 0 Å². The zero-order valence-electron chi connectivity index (χ0n) is 12.9. The predicted molar refractivity (Wildman–Crippen MR) is 87.5 cm³/mol. The van der Waals surface area contributed by atoms with Gasteiger partial charge < -0.3 is 14.8 Å². The van der Waals surface area contributed by atoms with Gasteiger partial charge >= 0.3 is 0 Å². The van der Waals surface area contributed by atoms with Crippen molar-refractivity contribution >= 4 is 27.4 Å². The molecule has 1 aliphatic heterocycles. The van der Waals surface area contributed by atoms with Crippen molar-refractivity contribution in [2.75, 3.05) is 25.1 Å². The second-order valence-corrected chi connectivity index (χ2v) is 7.20. The number of ether oxygens (including phenoxy) is 2. The van der Waals surface area contributed by atoms with E-state index in [0.29, 0.717) is 13.2 Å². The lowest BCUT2D eigenvalue weighted by atomic mass is 9.97. The summed E-state index contributed by atoms with van der Waals surface area (Å²) >= 11 is 1.83. The number of thiophene rings is 1. The fourth-order valence-electron chi connectivity index (χ4n) is 3.33. The van der Waals surface area contributed by atoms with E-state index in [0.717, 1.165) is 30.0 Å². The molecule has 1 saturated heterocycles. The molecule has 2 aromatic heterocycles. The molecule has 1 N–H and O–H groups in total. The Kier molecular flexibility index (Phi) is 3.76. The highest BCUT2D eigenvalue weighted by Gasteiger charge is 2.30.